The quantitative estimate of drug-likeness (QED) is 0.844. The van der Waals surface area contributed by atoms with Gasteiger partial charge < -0.3 is 4.74 Å². The molecule has 18 heavy (non-hydrogen) atoms. The van der Waals surface area contributed by atoms with Gasteiger partial charge in [0, 0.05) is 12.4 Å². The average molecular weight is 265 g/mol. The molecule has 0 aliphatic carbocycles. The molecule has 0 aliphatic heterocycles. The fraction of sp³-hybridized carbons (Fsp3) is 0.182. The van der Waals surface area contributed by atoms with Gasteiger partial charge in [-0.2, -0.15) is 0 Å². The van der Waals surface area contributed by atoms with E-state index in [9.17, 15) is 9.59 Å². The van der Waals surface area contributed by atoms with Crippen LogP contribution in [0.4, 0.5) is 9.80 Å². The van der Waals surface area contributed by atoms with E-state index < -0.39 is 5.97 Å². The Labute approximate surface area is 107 Å². The molecule has 1 amide bonds. The lowest BCUT2D eigenvalue weighted by atomic mass is 10.2. The minimum absolute atomic E-state index is 0.375. The van der Waals surface area contributed by atoms with E-state index in [2.05, 4.69) is 15.0 Å². The number of esters is 1. The Morgan fingerprint density at radius 2 is 2.28 bits per heavy atom. The molecule has 0 spiro atoms. The topological polar surface area (TPSA) is 73.2 Å². The van der Waals surface area contributed by atoms with Crippen LogP contribution in [-0.2, 0) is 4.74 Å². The molecule has 2 heterocycles. The zero-order chi connectivity index (χ0) is 13.1. The van der Waals surface area contributed by atoms with E-state index in [0.29, 0.717) is 10.6 Å². The highest BCUT2D eigenvalue weighted by molar-refractivity contribution is 7.15. The molecule has 7 heteroatoms. The van der Waals surface area contributed by atoms with Crippen molar-refractivity contribution < 1.29 is 14.3 Å². The minimum atomic E-state index is -0.463. The number of aryl methyl sites for hydroxylation is 1. The molecule has 1 N–H and O–H groups in total. The Morgan fingerprint density at radius 1 is 1.50 bits per heavy atom. The molecule has 0 saturated carbocycles. The van der Waals surface area contributed by atoms with Gasteiger partial charge in [-0.25, -0.2) is 14.6 Å². The summed E-state index contributed by atoms with van der Waals surface area (Å²) in [5.41, 5.74) is 1.16. The lowest BCUT2D eigenvalue weighted by molar-refractivity contribution is 0.0601. The van der Waals surface area contributed by atoms with Crippen molar-refractivity contribution in [3.05, 3.63) is 35.2 Å². The standard InChI is InChI=1S/C11H11N3O3S/c1-7-5-18-9(8(7)10(15)17-2)13-11(16)14-4-3-12-6-14/h3-6H,1-2H3,(H,13,16). The SMILES string of the molecule is COC(=O)c1c(C)csc1NC(=O)n1ccnc1. The Morgan fingerprint density at radius 3 is 2.89 bits per heavy atom. The van der Waals surface area contributed by atoms with Crippen LogP contribution in [0.15, 0.2) is 24.1 Å². The maximum Gasteiger partial charge on any atom is 0.341 e. The lowest BCUT2D eigenvalue weighted by Gasteiger charge is -2.06. The molecular weight excluding hydrogens is 254 g/mol. The second-order valence-electron chi connectivity index (χ2n) is 3.51. The first-order valence-corrected chi connectivity index (χ1v) is 5.97. The Hall–Kier alpha value is -2.15. The van der Waals surface area contributed by atoms with Gasteiger partial charge in [0.1, 0.15) is 11.3 Å². The van der Waals surface area contributed by atoms with Gasteiger partial charge >= 0.3 is 12.0 Å². The number of nitrogens with zero attached hydrogens (tertiary/aromatic N) is 2. The summed E-state index contributed by atoms with van der Waals surface area (Å²) in [6.45, 7) is 1.79. The third kappa shape index (κ3) is 2.25. The molecule has 0 bridgehead atoms. The van der Waals surface area contributed by atoms with Crippen molar-refractivity contribution in [1.82, 2.24) is 9.55 Å². The number of amides is 1. The number of nitrogens with one attached hydrogen (secondary N) is 1. The van der Waals surface area contributed by atoms with Crippen molar-refractivity contribution in [3.8, 4) is 0 Å². The third-order valence-electron chi connectivity index (χ3n) is 2.32. The van der Waals surface area contributed by atoms with Crippen molar-refractivity contribution in [1.29, 1.82) is 0 Å². The van der Waals surface area contributed by atoms with Gasteiger partial charge in [-0.05, 0) is 17.9 Å². The van der Waals surface area contributed by atoms with Crippen LogP contribution < -0.4 is 5.32 Å². The zero-order valence-electron chi connectivity index (χ0n) is 9.84. The van der Waals surface area contributed by atoms with E-state index in [-0.39, 0.29) is 6.03 Å². The van der Waals surface area contributed by atoms with Gasteiger partial charge in [-0.3, -0.25) is 9.88 Å². The van der Waals surface area contributed by atoms with E-state index in [1.165, 1.54) is 41.7 Å². The fourth-order valence-electron chi connectivity index (χ4n) is 1.43. The first-order valence-electron chi connectivity index (χ1n) is 5.09. The molecule has 0 aromatic carbocycles. The zero-order valence-corrected chi connectivity index (χ0v) is 10.7. The van der Waals surface area contributed by atoms with Crippen LogP contribution >= 0.6 is 11.3 Å². The van der Waals surface area contributed by atoms with Crippen molar-refractivity contribution in [2.24, 2.45) is 0 Å². The van der Waals surface area contributed by atoms with Crippen molar-refractivity contribution in [3.63, 3.8) is 0 Å². The highest BCUT2D eigenvalue weighted by Crippen LogP contribution is 2.28. The number of thiophene rings is 1. The van der Waals surface area contributed by atoms with E-state index >= 15 is 0 Å². The van der Waals surface area contributed by atoms with E-state index in [1.54, 1.807) is 12.3 Å². The average Bonchev–Trinajstić information content (AvgIpc) is 2.98. The number of carbonyl (C=O) groups is 2. The second-order valence-corrected chi connectivity index (χ2v) is 4.39. The number of aromatic nitrogens is 2. The number of ether oxygens (including phenoxy) is 1. The summed E-state index contributed by atoms with van der Waals surface area (Å²) in [7, 11) is 1.31. The van der Waals surface area contributed by atoms with Crippen LogP contribution in [0.3, 0.4) is 0 Å². The summed E-state index contributed by atoms with van der Waals surface area (Å²) in [6.07, 6.45) is 4.40. The van der Waals surface area contributed by atoms with Crippen LogP contribution in [0.5, 0.6) is 0 Å². The summed E-state index contributed by atoms with van der Waals surface area (Å²) in [4.78, 5) is 27.2. The van der Waals surface area contributed by atoms with Gasteiger partial charge in [0.05, 0.1) is 12.7 Å². The molecule has 0 aliphatic rings. The molecule has 0 saturated heterocycles. The number of methoxy groups -OCH3 is 1. The summed E-state index contributed by atoms with van der Waals surface area (Å²) >= 11 is 1.28. The minimum Gasteiger partial charge on any atom is -0.465 e. The molecule has 0 atom stereocenters. The van der Waals surface area contributed by atoms with Crippen molar-refractivity contribution in [2.75, 3.05) is 12.4 Å². The molecule has 6 nitrogen and oxygen atoms in total. The van der Waals surface area contributed by atoms with Gasteiger partial charge in [-0.1, -0.05) is 0 Å². The number of imidazole rings is 1. The lowest BCUT2D eigenvalue weighted by Crippen LogP contribution is -2.19. The number of carbonyl (C=O) groups excluding carboxylic acids is 2. The Bertz CT molecular complexity index is 574. The maximum atomic E-state index is 11.8. The number of hydrogen-bond acceptors (Lipinski definition) is 5. The van der Waals surface area contributed by atoms with Gasteiger partial charge in [0.25, 0.3) is 0 Å². The van der Waals surface area contributed by atoms with Crippen LogP contribution in [0, 0.1) is 6.92 Å². The fourth-order valence-corrected chi connectivity index (χ4v) is 2.35. The monoisotopic (exact) mass is 265 g/mol. The summed E-state index contributed by atoms with van der Waals surface area (Å²) in [5, 5.41) is 4.91. The predicted molar refractivity (Wildman–Crippen MR) is 67.0 cm³/mol. The first-order chi connectivity index (χ1) is 8.63. The Balaban J connectivity index is 2.25. The maximum absolute atomic E-state index is 11.8. The normalized spacial score (nSPS) is 10.1. The number of anilines is 1. The van der Waals surface area contributed by atoms with Gasteiger partial charge in [0.2, 0.25) is 0 Å². The Kier molecular flexibility index (Phi) is 3.42. The molecule has 94 valence electrons. The van der Waals surface area contributed by atoms with Crippen molar-refractivity contribution >= 4 is 28.3 Å². The molecule has 2 aromatic heterocycles. The number of hydrogen-bond donors (Lipinski definition) is 1. The van der Waals surface area contributed by atoms with E-state index in [4.69, 9.17) is 0 Å². The third-order valence-corrected chi connectivity index (χ3v) is 3.34. The molecule has 0 radical (unpaired) electrons. The number of rotatable bonds is 2. The summed E-state index contributed by atoms with van der Waals surface area (Å²) < 4.78 is 5.97. The summed E-state index contributed by atoms with van der Waals surface area (Å²) in [6, 6.07) is -0.375. The molecule has 2 rings (SSSR count). The van der Waals surface area contributed by atoms with Crippen LogP contribution in [0.2, 0.25) is 0 Å². The molecule has 2 aromatic rings. The highest BCUT2D eigenvalue weighted by Gasteiger charge is 2.19. The van der Waals surface area contributed by atoms with Crippen LogP contribution in [-0.4, -0.2) is 28.7 Å². The van der Waals surface area contributed by atoms with Crippen LogP contribution in [0.1, 0.15) is 15.9 Å². The van der Waals surface area contributed by atoms with E-state index in [1.807, 2.05) is 0 Å². The van der Waals surface area contributed by atoms with Gasteiger partial charge in [-0.15, -0.1) is 11.3 Å². The van der Waals surface area contributed by atoms with Crippen molar-refractivity contribution in [2.45, 2.75) is 6.92 Å². The smallest absolute Gasteiger partial charge is 0.341 e. The molecular formula is C11H11N3O3S. The highest BCUT2D eigenvalue weighted by atomic mass is 32.1. The first kappa shape index (κ1) is 12.3. The molecule has 0 unspecified atom stereocenters. The molecule has 0 fully saturated rings. The van der Waals surface area contributed by atoms with Gasteiger partial charge in [0.15, 0.2) is 0 Å². The largest absolute Gasteiger partial charge is 0.465 e. The predicted octanol–water partition coefficient (Wildman–Crippen LogP) is 2.12. The second kappa shape index (κ2) is 5.01. The van der Waals surface area contributed by atoms with Crippen LogP contribution in [0.25, 0.3) is 0 Å². The van der Waals surface area contributed by atoms with E-state index in [0.717, 1.165) is 5.56 Å². The summed E-state index contributed by atoms with van der Waals surface area (Å²) in [5.74, 6) is -0.463.